The first kappa shape index (κ1) is 33.9. The van der Waals surface area contributed by atoms with Gasteiger partial charge in [0.25, 0.3) is 0 Å². The lowest BCUT2D eigenvalue weighted by atomic mass is 9.90. The molecule has 11 heteroatoms. The molecule has 3 unspecified atom stereocenters. The molecule has 3 aliphatic rings. The first-order chi connectivity index (χ1) is 22.1. The molecule has 254 valence electrons. The lowest BCUT2D eigenvalue weighted by Crippen LogP contribution is -2.42. The highest BCUT2D eigenvalue weighted by Gasteiger charge is 2.47. The van der Waals surface area contributed by atoms with Crippen molar-refractivity contribution in [3.8, 4) is 17.2 Å². The molecule has 0 aromatic heterocycles. The standard InChI is InChI=1S/C36H45O10P/c1-22(2)25-10-13-31(28(16-25)34(7)19-38-44-34)41-47(37,42-32-14-11-26(23(3)4)17-29(32)35(8)20-39-45-35)43-33-15-12-27(24(5)6)18-30(33)36(9)21-40-46-36/h10-18,22-24H,19-21H2,1-9H3. The highest BCUT2D eigenvalue weighted by molar-refractivity contribution is 7.49. The van der Waals surface area contributed by atoms with E-state index in [1.807, 2.05) is 57.2 Å². The Hall–Kier alpha value is -2.95. The molecule has 3 aromatic rings. The number of hydrogen-bond donors (Lipinski definition) is 0. The molecule has 3 aromatic carbocycles. The van der Waals surface area contributed by atoms with E-state index in [0.29, 0.717) is 36.5 Å². The summed E-state index contributed by atoms with van der Waals surface area (Å²) in [6.45, 7) is 19.2. The van der Waals surface area contributed by atoms with Gasteiger partial charge in [-0.1, -0.05) is 59.7 Å². The molecule has 0 aliphatic carbocycles. The Morgan fingerprint density at radius 3 is 0.979 bits per heavy atom. The summed E-state index contributed by atoms with van der Waals surface area (Å²) in [7, 11) is -4.54. The van der Waals surface area contributed by atoms with Crippen LogP contribution in [0.1, 0.15) is 113 Å². The van der Waals surface area contributed by atoms with E-state index in [1.165, 1.54) is 0 Å². The predicted molar refractivity (Wildman–Crippen MR) is 174 cm³/mol. The van der Waals surface area contributed by atoms with Crippen LogP contribution in [0.15, 0.2) is 54.6 Å². The SMILES string of the molecule is CC(C)c1ccc(OP(=O)(Oc2ccc(C(C)C)cc2C2(C)COO2)Oc2ccc(C(C)C)cc2C2(C)COO2)c(C2(C)COO2)c1. The Morgan fingerprint density at radius 1 is 0.532 bits per heavy atom. The summed E-state index contributed by atoms with van der Waals surface area (Å²) >= 11 is 0. The number of rotatable bonds is 12. The normalized spacial score (nSPS) is 26.7. The third-order valence-corrected chi connectivity index (χ3v) is 10.3. The van der Waals surface area contributed by atoms with Gasteiger partial charge in [0.15, 0.2) is 16.8 Å². The fraction of sp³-hybridized carbons (Fsp3) is 0.500. The number of benzene rings is 3. The van der Waals surface area contributed by atoms with E-state index in [-0.39, 0.29) is 35.0 Å². The van der Waals surface area contributed by atoms with Gasteiger partial charge in [0.05, 0.1) is 0 Å². The second kappa shape index (κ2) is 12.5. The van der Waals surface area contributed by atoms with Gasteiger partial charge in [-0.05, 0) is 91.6 Å². The van der Waals surface area contributed by atoms with Gasteiger partial charge >= 0.3 is 7.82 Å². The summed E-state index contributed by atoms with van der Waals surface area (Å²) in [5.41, 5.74) is 2.70. The zero-order valence-corrected chi connectivity index (χ0v) is 29.5. The molecule has 0 N–H and O–H groups in total. The third kappa shape index (κ3) is 6.57. The Bertz CT molecular complexity index is 1480. The Morgan fingerprint density at radius 2 is 0.787 bits per heavy atom. The summed E-state index contributed by atoms with van der Waals surface area (Å²) in [6, 6.07) is 17.1. The van der Waals surface area contributed by atoms with Crippen LogP contribution in [-0.4, -0.2) is 19.8 Å². The minimum Gasteiger partial charge on any atom is -0.386 e. The fourth-order valence-electron chi connectivity index (χ4n) is 5.69. The molecule has 3 heterocycles. The average Bonchev–Trinajstić information content (AvgIpc) is 2.97. The zero-order valence-electron chi connectivity index (χ0n) is 28.6. The first-order valence-corrected chi connectivity index (χ1v) is 17.6. The fourth-order valence-corrected chi connectivity index (χ4v) is 7.00. The average molecular weight is 669 g/mol. The van der Waals surface area contributed by atoms with Crippen molar-refractivity contribution >= 4 is 7.82 Å². The van der Waals surface area contributed by atoms with Gasteiger partial charge < -0.3 is 13.6 Å². The topological polar surface area (TPSA) is 100 Å². The van der Waals surface area contributed by atoms with Crippen LogP contribution in [0, 0.1) is 0 Å². The lowest BCUT2D eigenvalue weighted by molar-refractivity contribution is -0.474. The monoisotopic (exact) mass is 668 g/mol. The molecule has 6 rings (SSSR count). The molecular weight excluding hydrogens is 623 g/mol. The molecule has 0 amide bonds. The molecule has 47 heavy (non-hydrogen) atoms. The summed E-state index contributed by atoms with van der Waals surface area (Å²) in [4.78, 5) is 32.1. The minimum absolute atomic E-state index is 0.228. The molecular formula is C36H45O10P. The van der Waals surface area contributed by atoms with Crippen LogP contribution in [-0.2, 0) is 50.7 Å². The van der Waals surface area contributed by atoms with Gasteiger partial charge in [-0.3, -0.25) is 0 Å². The van der Waals surface area contributed by atoms with Gasteiger partial charge in [0.1, 0.15) is 37.1 Å². The molecule has 10 nitrogen and oxygen atoms in total. The van der Waals surface area contributed by atoms with Crippen molar-refractivity contribution in [2.24, 2.45) is 0 Å². The van der Waals surface area contributed by atoms with Crippen molar-refractivity contribution in [1.29, 1.82) is 0 Å². The van der Waals surface area contributed by atoms with Gasteiger partial charge in [0, 0.05) is 16.7 Å². The molecule has 3 aliphatic heterocycles. The lowest BCUT2D eigenvalue weighted by Gasteiger charge is -2.39. The maximum absolute atomic E-state index is 15.3. The second-order valence-electron chi connectivity index (χ2n) is 14.2. The second-order valence-corrected chi connectivity index (χ2v) is 15.6. The highest BCUT2D eigenvalue weighted by Crippen LogP contribution is 2.56. The van der Waals surface area contributed by atoms with Crippen molar-refractivity contribution in [3.05, 3.63) is 88.0 Å². The van der Waals surface area contributed by atoms with Crippen molar-refractivity contribution in [1.82, 2.24) is 0 Å². The van der Waals surface area contributed by atoms with Gasteiger partial charge in [0.2, 0.25) is 0 Å². The summed E-state index contributed by atoms with van der Waals surface area (Å²) in [5.74, 6) is 1.54. The van der Waals surface area contributed by atoms with Crippen LogP contribution in [0.4, 0.5) is 0 Å². The van der Waals surface area contributed by atoms with Crippen LogP contribution in [0.5, 0.6) is 17.2 Å². The third-order valence-electron chi connectivity index (χ3n) is 9.08. The van der Waals surface area contributed by atoms with E-state index >= 15 is 4.57 Å². The Kier molecular flexibility index (Phi) is 9.02. The van der Waals surface area contributed by atoms with Crippen LogP contribution in [0.25, 0.3) is 0 Å². The highest BCUT2D eigenvalue weighted by atomic mass is 31.2. The van der Waals surface area contributed by atoms with Gasteiger partial charge in [-0.2, -0.15) is 4.57 Å². The maximum Gasteiger partial charge on any atom is 0.647 e. The van der Waals surface area contributed by atoms with Crippen molar-refractivity contribution in [2.45, 2.75) is 96.9 Å². The molecule has 0 radical (unpaired) electrons. The largest absolute Gasteiger partial charge is 0.647 e. The van der Waals surface area contributed by atoms with Gasteiger partial charge in [-0.15, -0.1) is 0 Å². The van der Waals surface area contributed by atoms with Crippen LogP contribution >= 0.6 is 7.82 Å². The maximum atomic E-state index is 15.3. The smallest absolute Gasteiger partial charge is 0.386 e. The van der Waals surface area contributed by atoms with E-state index in [4.69, 9.17) is 42.9 Å². The number of phosphoric ester groups is 1. The zero-order chi connectivity index (χ0) is 33.8. The minimum atomic E-state index is -4.54. The van der Waals surface area contributed by atoms with E-state index < -0.39 is 24.6 Å². The van der Waals surface area contributed by atoms with E-state index in [1.54, 1.807) is 18.2 Å². The van der Waals surface area contributed by atoms with E-state index in [9.17, 15) is 0 Å². The summed E-state index contributed by atoms with van der Waals surface area (Å²) < 4.78 is 34.5. The van der Waals surface area contributed by atoms with Gasteiger partial charge in [-0.25, -0.2) is 29.3 Å². The van der Waals surface area contributed by atoms with Crippen molar-refractivity contribution in [3.63, 3.8) is 0 Å². The predicted octanol–water partition coefficient (Wildman–Crippen LogP) is 9.23. The van der Waals surface area contributed by atoms with Crippen molar-refractivity contribution in [2.75, 3.05) is 19.8 Å². The van der Waals surface area contributed by atoms with Crippen LogP contribution in [0.2, 0.25) is 0 Å². The van der Waals surface area contributed by atoms with E-state index in [2.05, 4.69) is 41.5 Å². The summed E-state index contributed by atoms with van der Waals surface area (Å²) in [6.07, 6.45) is 0. The molecule has 0 bridgehead atoms. The molecule has 3 atom stereocenters. The van der Waals surface area contributed by atoms with Crippen LogP contribution in [0.3, 0.4) is 0 Å². The molecule has 0 spiro atoms. The first-order valence-electron chi connectivity index (χ1n) is 16.2. The number of phosphoric acid groups is 1. The number of hydrogen-bond acceptors (Lipinski definition) is 10. The van der Waals surface area contributed by atoms with Crippen LogP contribution < -0.4 is 13.6 Å². The van der Waals surface area contributed by atoms with E-state index in [0.717, 1.165) is 16.7 Å². The molecule has 3 fully saturated rings. The Labute approximate surface area is 276 Å². The quantitative estimate of drug-likeness (QED) is 0.137. The summed E-state index contributed by atoms with van der Waals surface area (Å²) in [5, 5.41) is 0. The molecule has 0 saturated carbocycles. The Balaban J connectivity index is 1.47. The molecule has 3 saturated heterocycles. The van der Waals surface area contributed by atoms with Crippen molar-refractivity contribution < 1.29 is 47.5 Å².